The molecule has 1 aliphatic heterocycles. The molecule has 2 aliphatic rings. The molecule has 1 saturated heterocycles. The second-order valence-corrected chi connectivity index (χ2v) is 7.98. The summed E-state index contributed by atoms with van der Waals surface area (Å²) in [7, 11) is 3.42. The van der Waals surface area contributed by atoms with E-state index in [0.717, 1.165) is 29.1 Å². The predicted molar refractivity (Wildman–Crippen MR) is 103 cm³/mol. The molecule has 3 N–H and O–H groups in total. The lowest BCUT2D eigenvalue weighted by Crippen LogP contribution is -3.12. The van der Waals surface area contributed by atoms with Crippen LogP contribution in [0.15, 0.2) is 24.3 Å². The fraction of sp³-hybridized carbons (Fsp3) is 0.550. The molecule has 1 unspecified atom stereocenters. The van der Waals surface area contributed by atoms with Gasteiger partial charge in [0.25, 0.3) is 11.8 Å². The summed E-state index contributed by atoms with van der Waals surface area (Å²) in [5.74, 6) is 0.491. The Morgan fingerprint density at radius 2 is 2.00 bits per heavy atom. The quantitative estimate of drug-likeness (QED) is 0.505. The minimum Gasteiger partial charge on any atom is -0.497 e. The maximum atomic E-state index is 12.9. The Bertz CT molecular complexity index is 747. The van der Waals surface area contributed by atoms with Crippen molar-refractivity contribution in [2.75, 3.05) is 27.4 Å². The van der Waals surface area contributed by atoms with Gasteiger partial charge >= 0.3 is 6.03 Å². The normalized spacial score (nSPS) is 22.8. The molecule has 8 heteroatoms. The number of hydrogen-bond donors (Lipinski definition) is 3. The molecular weight excluding hydrogens is 360 g/mol. The maximum Gasteiger partial charge on any atom is 0.329 e. The van der Waals surface area contributed by atoms with Crippen molar-refractivity contribution in [2.45, 2.75) is 44.2 Å². The zero-order chi connectivity index (χ0) is 20.3. The first-order valence-corrected chi connectivity index (χ1v) is 9.68. The number of nitrogens with one attached hydrogen (secondary N) is 3. The van der Waals surface area contributed by atoms with E-state index in [-0.39, 0.29) is 25.0 Å². The fourth-order valence-corrected chi connectivity index (χ4v) is 3.35. The largest absolute Gasteiger partial charge is 0.497 e. The molecule has 1 heterocycles. The van der Waals surface area contributed by atoms with Gasteiger partial charge in [0.15, 0.2) is 13.2 Å². The van der Waals surface area contributed by atoms with E-state index < -0.39 is 11.6 Å². The van der Waals surface area contributed by atoms with E-state index in [0.29, 0.717) is 18.9 Å². The molecule has 0 aromatic heterocycles. The molecule has 4 amide bonds. The maximum absolute atomic E-state index is 12.9. The minimum atomic E-state index is -0.937. The van der Waals surface area contributed by atoms with Gasteiger partial charge in [0.2, 0.25) is 0 Å². The van der Waals surface area contributed by atoms with Gasteiger partial charge in [0.1, 0.15) is 11.3 Å². The number of carbonyl (C=O) groups is 3. The number of ether oxygens (including phenoxy) is 1. The summed E-state index contributed by atoms with van der Waals surface area (Å²) in [5, 5.41) is 5.74. The molecular formula is C20H29N4O4+. The van der Waals surface area contributed by atoms with E-state index in [1.807, 2.05) is 24.3 Å². The summed E-state index contributed by atoms with van der Waals surface area (Å²) >= 11 is 0. The second kappa shape index (κ2) is 8.18. The van der Waals surface area contributed by atoms with Gasteiger partial charge in [0, 0.05) is 6.04 Å². The number of amides is 4. The number of urea groups is 1. The van der Waals surface area contributed by atoms with Crippen molar-refractivity contribution in [1.29, 1.82) is 0 Å². The number of nitrogens with zero attached hydrogens (tertiary/aromatic N) is 1. The van der Waals surface area contributed by atoms with Crippen molar-refractivity contribution in [2.24, 2.45) is 0 Å². The topological polar surface area (TPSA) is 92.2 Å². The highest BCUT2D eigenvalue weighted by molar-refractivity contribution is 6.06. The van der Waals surface area contributed by atoms with E-state index in [9.17, 15) is 14.4 Å². The molecule has 8 nitrogen and oxygen atoms in total. The van der Waals surface area contributed by atoms with E-state index in [4.69, 9.17) is 4.74 Å². The second-order valence-electron chi connectivity index (χ2n) is 7.98. The van der Waals surface area contributed by atoms with Crippen LogP contribution in [0.5, 0.6) is 5.75 Å². The minimum absolute atomic E-state index is 0.0469. The summed E-state index contributed by atoms with van der Waals surface area (Å²) in [6.45, 7) is 2.16. The van der Waals surface area contributed by atoms with Crippen LogP contribution in [-0.4, -0.2) is 61.7 Å². The average molecular weight is 389 g/mol. The van der Waals surface area contributed by atoms with Crippen LogP contribution in [0.25, 0.3) is 0 Å². The van der Waals surface area contributed by atoms with Gasteiger partial charge < -0.3 is 20.3 Å². The summed E-state index contributed by atoms with van der Waals surface area (Å²) < 4.78 is 5.15. The molecule has 1 aromatic rings. The zero-order valence-corrected chi connectivity index (χ0v) is 16.7. The Morgan fingerprint density at radius 1 is 1.32 bits per heavy atom. The first kappa shape index (κ1) is 20.1. The molecule has 0 radical (unpaired) electrons. The lowest BCUT2D eigenvalue weighted by molar-refractivity contribution is -0.879. The van der Waals surface area contributed by atoms with Crippen molar-refractivity contribution in [3.05, 3.63) is 29.8 Å². The number of methoxy groups -OCH3 is 1. The predicted octanol–water partition coefficient (Wildman–Crippen LogP) is -0.311. The molecule has 0 bridgehead atoms. The van der Waals surface area contributed by atoms with Crippen LogP contribution in [-0.2, 0) is 16.0 Å². The molecule has 2 atom stereocenters. The SMILES string of the molecule is COc1ccc(CC[C@]2(C)NC(=O)N(C[NH+](C)CC(=O)NC3CC3)C2=O)cc1. The van der Waals surface area contributed by atoms with Gasteiger partial charge in [-0.25, -0.2) is 9.69 Å². The lowest BCUT2D eigenvalue weighted by Gasteiger charge is -2.23. The molecule has 28 heavy (non-hydrogen) atoms. The molecule has 3 rings (SSSR count). The van der Waals surface area contributed by atoms with Crippen LogP contribution in [0, 0.1) is 0 Å². The van der Waals surface area contributed by atoms with Crippen LogP contribution >= 0.6 is 0 Å². The van der Waals surface area contributed by atoms with Gasteiger partial charge in [0.05, 0.1) is 14.2 Å². The summed E-state index contributed by atoms with van der Waals surface area (Å²) in [6.07, 6.45) is 3.23. The number of likely N-dealkylation sites (N-methyl/N-ethyl adjacent to an activating group) is 1. The first-order valence-electron chi connectivity index (χ1n) is 9.68. The van der Waals surface area contributed by atoms with Crippen molar-refractivity contribution in [3.8, 4) is 5.75 Å². The Labute approximate surface area is 165 Å². The number of quaternary nitrogens is 1. The number of hydrogen-bond acceptors (Lipinski definition) is 4. The lowest BCUT2D eigenvalue weighted by atomic mass is 9.93. The Kier molecular flexibility index (Phi) is 5.88. The number of carbonyl (C=O) groups excluding carboxylic acids is 3. The highest BCUT2D eigenvalue weighted by atomic mass is 16.5. The van der Waals surface area contributed by atoms with Crippen molar-refractivity contribution >= 4 is 17.8 Å². The summed E-state index contributed by atoms with van der Waals surface area (Å²) in [4.78, 5) is 39.2. The van der Waals surface area contributed by atoms with E-state index in [2.05, 4.69) is 10.6 Å². The number of aryl methyl sites for hydroxylation is 1. The third-order valence-electron chi connectivity index (χ3n) is 5.25. The van der Waals surface area contributed by atoms with Crippen molar-refractivity contribution in [3.63, 3.8) is 0 Å². The molecule has 2 fully saturated rings. The monoisotopic (exact) mass is 389 g/mol. The van der Waals surface area contributed by atoms with Crippen LogP contribution in [0.2, 0.25) is 0 Å². The highest BCUT2D eigenvalue weighted by Gasteiger charge is 2.48. The van der Waals surface area contributed by atoms with Crippen molar-refractivity contribution < 1.29 is 24.0 Å². The van der Waals surface area contributed by atoms with Gasteiger partial charge in [-0.05, 0) is 50.3 Å². The Morgan fingerprint density at radius 3 is 2.61 bits per heavy atom. The van der Waals surface area contributed by atoms with Gasteiger partial charge in [-0.3, -0.25) is 9.59 Å². The Hall–Kier alpha value is -2.61. The number of benzene rings is 1. The van der Waals surface area contributed by atoms with Crippen LogP contribution in [0.4, 0.5) is 4.79 Å². The number of imide groups is 1. The standard InChI is InChI=1S/C20H28N4O4/c1-20(11-10-14-4-8-16(28-3)9-5-14)18(26)24(19(27)22-20)13-23(2)12-17(25)21-15-6-7-15/h4-5,8-9,15H,6-7,10-13H2,1-3H3,(H,21,25)(H,22,27)/p+1/t20-/m0/s1. The van der Waals surface area contributed by atoms with Crippen LogP contribution in [0.3, 0.4) is 0 Å². The number of rotatable bonds is 9. The van der Waals surface area contributed by atoms with Gasteiger partial charge in [-0.2, -0.15) is 0 Å². The zero-order valence-electron chi connectivity index (χ0n) is 16.7. The third kappa shape index (κ3) is 4.81. The van der Waals surface area contributed by atoms with E-state index >= 15 is 0 Å². The van der Waals surface area contributed by atoms with E-state index in [1.165, 1.54) is 4.90 Å². The summed E-state index contributed by atoms with van der Waals surface area (Å²) in [6, 6.07) is 7.57. The van der Waals surface area contributed by atoms with Crippen LogP contribution in [0.1, 0.15) is 31.7 Å². The average Bonchev–Trinajstić information content (AvgIpc) is 3.44. The molecule has 0 spiro atoms. The van der Waals surface area contributed by atoms with Gasteiger partial charge in [-0.15, -0.1) is 0 Å². The molecule has 1 aromatic carbocycles. The highest BCUT2D eigenvalue weighted by Crippen LogP contribution is 2.23. The fourth-order valence-electron chi connectivity index (χ4n) is 3.35. The molecule has 152 valence electrons. The third-order valence-corrected chi connectivity index (χ3v) is 5.25. The first-order chi connectivity index (χ1) is 13.3. The van der Waals surface area contributed by atoms with Crippen molar-refractivity contribution in [1.82, 2.24) is 15.5 Å². The smallest absolute Gasteiger partial charge is 0.329 e. The summed E-state index contributed by atoms with van der Waals surface area (Å²) in [5.41, 5.74) is 0.134. The molecule has 1 saturated carbocycles. The van der Waals surface area contributed by atoms with Gasteiger partial charge in [-0.1, -0.05) is 12.1 Å². The van der Waals surface area contributed by atoms with Crippen LogP contribution < -0.4 is 20.3 Å². The molecule has 1 aliphatic carbocycles. The Balaban J connectivity index is 1.53. The van der Waals surface area contributed by atoms with E-state index in [1.54, 1.807) is 21.1 Å².